The van der Waals surface area contributed by atoms with E-state index in [1.165, 1.54) is 45.1 Å². The third-order valence-corrected chi connectivity index (χ3v) is 5.78. The van der Waals surface area contributed by atoms with Crippen LogP contribution in [-0.2, 0) is 4.74 Å². The van der Waals surface area contributed by atoms with Gasteiger partial charge in [-0.05, 0) is 45.8 Å². The molecule has 100 valence electrons. The minimum absolute atomic E-state index is 0.421. The third-order valence-electron chi connectivity index (χ3n) is 4.36. The number of hydrogen-bond donors (Lipinski definition) is 1. The van der Waals surface area contributed by atoms with Crippen molar-refractivity contribution >= 4 is 11.8 Å². The van der Waals surface area contributed by atoms with Gasteiger partial charge in [-0.3, -0.25) is 0 Å². The number of rotatable bonds is 4. The molecule has 0 bridgehead atoms. The van der Waals surface area contributed by atoms with Gasteiger partial charge in [-0.1, -0.05) is 12.8 Å². The Labute approximate surface area is 110 Å². The molecular weight excluding hydrogens is 230 g/mol. The first-order valence-corrected chi connectivity index (χ1v) is 8.30. The van der Waals surface area contributed by atoms with E-state index in [9.17, 15) is 0 Å². The van der Waals surface area contributed by atoms with Gasteiger partial charge in [-0.25, -0.2) is 0 Å². The van der Waals surface area contributed by atoms with Crippen molar-refractivity contribution in [2.45, 2.75) is 75.4 Å². The highest BCUT2D eigenvalue weighted by atomic mass is 32.2. The van der Waals surface area contributed by atoms with E-state index in [4.69, 9.17) is 4.74 Å². The molecular formula is C14H27NOS. The first-order chi connectivity index (χ1) is 8.13. The van der Waals surface area contributed by atoms with Crippen molar-refractivity contribution in [1.29, 1.82) is 0 Å². The molecule has 0 aromatic carbocycles. The van der Waals surface area contributed by atoms with Crippen molar-refractivity contribution < 1.29 is 4.74 Å². The summed E-state index contributed by atoms with van der Waals surface area (Å²) in [5, 5.41) is 3.82. The normalized spacial score (nSPS) is 37.2. The smallest absolute Gasteiger partial charge is 0.0565 e. The molecule has 0 amide bonds. The summed E-state index contributed by atoms with van der Waals surface area (Å²) in [6.45, 7) is 5.59. The fourth-order valence-corrected chi connectivity index (χ4v) is 4.30. The van der Waals surface area contributed by atoms with Gasteiger partial charge in [0.2, 0.25) is 0 Å². The summed E-state index contributed by atoms with van der Waals surface area (Å²) in [6, 6.07) is 0.665. The van der Waals surface area contributed by atoms with Crippen molar-refractivity contribution in [2.24, 2.45) is 0 Å². The van der Waals surface area contributed by atoms with Crippen molar-refractivity contribution in [3.05, 3.63) is 0 Å². The molecule has 0 aromatic heterocycles. The molecule has 2 fully saturated rings. The van der Waals surface area contributed by atoms with Gasteiger partial charge in [0, 0.05) is 17.3 Å². The second-order valence-corrected chi connectivity index (χ2v) is 7.18. The van der Waals surface area contributed by atoms with Crippen LogP contribution in [-0.4, -0.2) is 35.8 Å². The number of thioether (sulfide) groups is 1. The highest BCUT2D eigenvalue weighted by Gasteiger charge is 2.34. The summed E-state index contributed by atoms with van der Waals surface area (Å²) in [4.78, 5) is 0. The molecule has 2 rings (SSSR count). The van der Waals surface area contributed by atoms with E-state index >= 15 is 0 Å². The van der Waals surface area contributed by atoms with Gasteiger partial charge >= 0.3 is 0 Å². The van der Waals surface area contributed by atoms with Gasteiger partial charge in [0.05, 0.1) is 12.2 Å². The lowest BCUT2D eigenvalue weighted by molar-refractivity contribution is -0.0422. The van der Waals surface area contributed by atoms with E-state index in [0.717, 1.165) is 0 Å². The first kappa shape index (κ1) is 13.7. The van der Waals surface area contributed by atoms with Crippen LogP contribution in [0.2, 0.25) is 0 Å². The lowest BCUT2D eigenvalue weighted by Gasteiger charge is -2.35. The Morgan fingerprint density at radius 2 is 1.76 bits per heavy atom. The number of nitrogens with one attached hydrogen (secondary N) is 1. The summed E-state index contributed by atoms with van der Waals surface area (Å²) in [5.74, 6) is 0. The van der Waals surface area contributed by atoms with Crippen LogP contribution in [0.15, 0.2) is 0 Å². The minimum atomic E-state index is 0.421. The topological polar surface area (TPSA) is 21.3 Å². The SMILES string of the molecule is CSC1(CNC2CC(C)OC(C)C2)CCCC1. The molecule has 0 spiro atoms. The Hall–Kier alpha value is 0.270. The van der Waals surface area contributed by atoms with Crippen LogP contribution in [0.1, 0.15) is 52.4 Å². The average molecular weight is 257 g/mol. The zero-order valence-corrected chi connectivity index (χ0v) is 12.3. The van der Waals surface area contributed by atoms with Crippen LogP contribution in [0.3, 0.4) is 0 Å². The fraction of sp³-hybridized carbons (Fsp3) is 1.00. The molecule has 1 saturated carbocycles. The molecule has 0 radical (unpaired) electrons. The van der Waals surface area contributed by atoms with Gasteiger partial charge in [0.15, 0.2) is 0 Å². The second-order valence-electron chi connectivity index (χ2n) is 5.90. The molecule has 2 aliphatic rings. The summed E-state index contributed by atoms with van der Waals surface area (Å²) in [6.07, 6.45) is 11.1. The first-order valence-electron chi connectivity index (χ1n) is 7.07. The lowest BCUT2D eigenvalue weighted by Crippen LogP contribution is -2.46. The monoisotopic (exact) mass is 257 g/mol. The van der Waals surface area contributed by atoms with Gasteiger partial charge < -0.3 is 10.1 Å². The van der Waals surface area contributed by atoms with Crippen molar-refractivity contribution in [3.8, 4) is 0 Å². The average Bonchev–Trinajstić information content (AvgIpc) is 2.74. The Kier molecular flexibility index (Phi) is 4.79. The molecule has 3 heteroatoms. The quantitative estimate of drug-likeness (QED) is 0.835. The standard InChI is InChI=1S/C14H27NOS/c1-11-8-13(9-12(2)16-11)15-10-14(17-3)6-4-5-7-14/h11-13,15H,4-10H2,1-3H3. The maximum atomic E-state index is 5.79. The maximum absolute atomic E-state index is 5.79. The van der Waals surface area contributed by atoms with E-state index in [2.05, 4.69) is 37.2 Å². The van der Waals surface area contributed by atoms with Gasteiger partial charge in [0.1, 0.15) is 0 Å². The molecule has 1 aliphatic carbocycles. The van der Waals surface area contributed by atoms with Crippen LogP contribution in [0.4, 0.5) is 0 Å². The number of hydrogen-bond acceptors (Lipinski definition) is 3. The largest absolute Gasteiger partial charge is 0.375 e. The molecule has 2 atom stereocenters. The third kappa shape index (κ3) is 3.62. The van der Waals surface area contributed by atoms with E-state index in [1.807, 2.05) is 0 Å². The van der Waals surface area contributed by atoms with E-state index in [0.29, 0.717) is 23.0 Å². The van der Waals surface area contributed by atoms with E-state index in [-0.39, 0.29) is 0 Å². The van der Waals surface area contributed by atoms with Gasteiger partial charge in [-0.2, -0.15) is 11.8 Å². The van der Waals surface area contributed by atoms with Crippen molar-refractivity contribution in [3.63, 3.8) is 0 Å². The molecule has 17 heavy (non-hydrogen) atoms. The highest BCUT2D eigenvalue weighted by molar-refractivity contribution is 8.00. The van der Waals surface area contributed by atoms with Crippen LogP contribution in [0.25, 0.3) is 0 Å². The predicted molar refractivity (Wildman–Crippen MR) is 75.7 cm³/mol. The lowest BCUT2D eigenvalue weighted by atomic mass is 9.98. The van der Waals surface area contributed by atoms with Crippen molar-refractivity contribution in [1.82, 2.24) is 5.32 Å². The Balaban J connectivity index is 1.80. The molecule has 2 unspecified atom stereocenters. The molecule has 1 heterocycles. The van der Waals surface area contributed by atoms with Crippen LogP contribution >= 0.6 is 11.8 Å². The zero-order valence-electron chi connectivity index (χ0n) is 11.5. The van der Waals surface area contributed by atoms with Crippen LogP contribution in [0, 0.1) is 0 Å². The summed E-state index contributed by atoms with van der Waals surface area (Å²) < 4.78 is 6.33. The Morgan fingerprint density at radius 3 is 2.29 bits per heavy atom. The summed E-state index contributed by atoms with van der Waals surface area (Å²) >= 11 is 2.08. The molecule has 1 N–H and O–H groups in total. The molecule has 2 nitrogen and oxygen atoms in total. The summed E-state index contributed by atoms with van der Waals surface area (Å²) in [5.41, 5.74) is 0. The van der Waals surface area contributed by atoms with E-state index in [1.54, 1.807) is 0 Å². The highest BCUT2D eigenvalue weighted by Crippen LogP contribution is 2.39. The minimum Gasteiger partial charge on any atom is -0.375 e. The fourth-order valence-electron chi connectivity index (χ4n) is 3.37. The maximum Gasteiger partial charge on any atom is 0.0565 e. The molecule has 0 aromatic rings. The predicted octanol–water partition coefficient (Wildman–Crippen LogP) is 3.21. The van der Waals surface area contributed by atoms with Gasteiger partial charge in [0.25, 0.3) is 0 Å². The van der Waals surface area contributed by atoms with Gasteiger partial charge in [-0.15, -0.1) is 0 Å². The Morgan fingerprint density at radius 1 is 1.18 bits per heavy atom. The van der Waals surface area contributed by atoms with E-state index < -0.39 is 0 Å². The van der Waals surface area contributed by atoms with Crippen molar-refractivity contribution in [2.75, 3.05) is 12.8 Å². The zero-order chi connectivity index (χ0) is 12.3. The number of ether oxygens (including phenoxy) is 1. The Bertz CT molecular complexity index is 230. The molecule has 1 saturated heterocycles. The summed E-state index contributed by atoms with van der Waals surface area (Å²) in [7, 11) is 0. The molecule has 1 aliphatic heterocycles. The van der Waals surface area contributed by atoms with Crippen LogP contribution in [0.5, 0.6) is 0 Å². The van der Waals surface area contributed by atoms with Crippen LogP contribution < -0.4 is 5.32 Å². The second kappa shape index (κ2) is 5.94.